The molecule has 0 spiro atoms. The van der Waals surface area contributed by atoms with Crippen LogP contribution in [0.4, 0.5) is 5.69 Å². The lowest BCUT2D eigenvalue weighted by Gasteiger charge is -2.09. The molecule has 0 aliphatic rings. The van der Waals surface area contributed by atoms with Gasteiger partial charge in [-0.1, -0.05) is 29.8 Å². The predicted molar refractivity (Wildman–Crippen MR) is 95.0 cm³/mol. The van der Waals surface area contributed by atoms with Crippen molar-refractivity contribution in [3.63, 3.8) is 0 Å². The van der Waals surface area contributed by atoms with E-state index in [9.17, 15) is 0 Å². The zero-order valence-electron chi connectivity index (χ0n) is 13.5. The average molecular weight is 325 g/mol. The summed E-state index contributed by atoms with van der Waals surface area (Å²) >= 11 is 5.27. The Bertz CT molecular complexity index is 878. The maximum atomic E-state index is 5.61. The second kappa shape index (κ2) is 6.38. The molecule has 0 aliphatic heterocycles. The van der Waals surface area contributed by atoms with Gasteiger partial charge in [-0.05, 0) is 62.3 Å². The van der Waals surface area contributed by atoms with Gasteiger partial charge in [0.25, 0.3) is 4.84 Å². The van der Waals surface area contributed by atoms with E-state index in [2.05, 4.69) is 42.5 Å². The Hall–Kier alpha value is -2.40. The van der Waals surface area contributed by atoms with Crippen LogP contribution in [0.1, 0.15) is 16.7 Å². The van der Waals surface area contributed by atoms with Gasteiger partial charge in [0.15, 0.2) is 0 Å². The first-order valence-electron chi connectivity index (χ1n) is 7.49. The van der Waals surface area contributed by atoms with E-state index < -0.39 is 0 Å². The van der Waals surface area contributed by atoms with E-state index in [1.807, 2.05) is 31.2 Å². The minimum Gasteiger partial charge on any atom is -0.409 e. The lowest BCUT2D eigenvalue weighted by atomic mass is 10.1. The molecule has 0 amide bonds. The molecule has 1 N–H and O–H groups in total. The van der Waals surface area contributed by atoms with E-state index in [1.54, 1.807) is 4.68 Å². The lowest BCUT2D eigenvalue weighted by Crippen LogP contribution is -2.10. The molecule has 3 aromatic rings. The molecule has 0 atom stereocenters. The topological polar surface area (TPSA) is 43.0 Å². The molecule has 118 valence electrons. The number of anilines is 1. The highest BCUT2D eigenvalue weighted by Crippen LogP contribution is 2.19. The molecule has 0 radical (unpaired) electrons. The molecular formula is C18H19N3OS. The SMILES string of the molecule is Cc1ccc(-c2nn(CNc3cc(C)ccc3C)c(=S)o2)cc1. The van der Waals surface area contributed by atoms with E-state index in [4.69, 9.17) is 16.6 Å². The Morgan fingerprint density at radius 3 is 2.48 bits per heavy atom. The Morgan fingerprint density at radius 1 is 1.04 bits per heavy atom. The van der Waals surface area contributed by atoms with Crippen LogP contribution in [0.15, 0.2) is 46.9 Å². The Kier molecular flexibility index (Phi) is 4.30. The third-order valence-electron chi connectivity index (χ3n) is 3.72. The molecule has 2 aromatic carbocycles. The Morgan fingerprint density at radius 2 is 1.74 bits per heavy atom. The van der Waals surface area contributed by atoms with Gasteiger partial charge in [-0.2, -0.15) is 0 Å². The molecule has 0 unspecified atom stereocenters. The van der Waals surface area contributed by atoms with Gasteiger partial charge in [-0.15, -0.1) is 5.10 Å². The second-order valence-electron chi connectivity index (χ2n) is 5.69. The molecule has 0 aliphatic carbocycles. The molecule has 4 nitrogen and oxygen atoms in total. The molecular weight excluding hydrogens is 306 g/mol. The number of aryl methyl sites for hydroxylation is 3. The summed E-state index contributed by atoms with van der Waals surface area (Å²) in [6.45, 7) is 6.66. The minimum atomic E-state index is 0.360. The molecule has 1 aromatic heterocycles. The van der Waals surface area contributed by atoms with Gasteiger partial charge < -0.3 is 9.73 Å². The second-order valence-corrected chi connectivity index (χ2v) is 6.04. The quantitative estimate of drug-likeness (QED) is 0.695. The van der Waals surface area contributed by atoms with Crippen LogP contribution in [0.3, 0.4) is 0 Å². The van der Waals surface area contributed by atoms with Gasteiger partial charge >= 0.3 is 0 Å². The van der Waals surface area contributed by atoms with E-state index >= 15 is 0 Å². The number of benzene rings is 2. The van der Waals surface area contributed by atoms with Gasteiger partial charge in [-0.25, -0.2) is 4.68 Å². The van der Waals surface area contributed by atoms with Crippen molar-refractivity contribution in [2.45, 2.75) is 27.4 Å². The maximum Gasteiger partial charge on any atom is 0.289 e. The summed E-state index contributed by atoms with van der Waals surface area (Å²) < 4.78 is 7.27. The Balaban J connectivity index is 1.80. The molecule has 0 saturated carbocycles. The number of nitrogens with zero attached hydrogens (tertiary/aromatic N) is 2. The van der Waals surface area contributed by atoms with Crippen molar-refractivity contribution in [2.24, 2.45) is 0 Å². The minimum absolute atomic E-state index is 0.360. The zero-order valence-corrected chi connectivity index (χ0v) is 14.3. The average Bonchev–Trinajstić information content (AvgIpc) is 2.90. The molecule has 0 saturated heterocycles. The molecule has 3 rings (SSSR count). The molecule has 0 bridgehead atoms. The van der Waals surface area contributed by atoms with Crippen molar-refractivity contribution in [2.75, 3.05) is 5.32 Å². The third kappa shape index (κ3) is 3.51. The van der Waals surface area contributed by atoms with Crippen LogP contribution in [0.5, 0.6) is 0 Å². The van der Waals surface area contributed by atoms with Crippen molar-refractivity contribution in [3.8, 4) is 11.5 Å². The summed E-state index contributed by atoms with van der Waals surface area (Å²) in [5, 5.41) is 7.82. The van der Waals surface area contributed by atoms with Crippen LogP contribution in [0.2, 0.25) is 0 Å². The summed E-state index contributed by atoms with van der Waals surface area (Å²) in [7, 11) is 0. The highest BCUT2D eigenvalue weighted by Gasteiger charge is 2.08. The van der Waals surface area contributed by atoms with Crippen LogP contribution in [-0.2, 0) is 6.67 Å². The van der Waals surface area contributed by atoms with Gasteiger partial charge in [-0.3, -0.25) is 0 Å². The van der Waals surface area contributed by atoms with Gasteiger partial charge in [0.05, 0.1) is 0 Å². The fourth-order valence-corrected chi connectivity index (χ4v) is 2.49. The van der Waals surface area contributed by atoms with Crippen LogP contribution >= 0.6 is 12.2 Å². The highest BCUT2D eigenvalue weighted by atomic mass is 32.1. The van der Waals surface area contributed by atoms with E-state index in [1.165, 1.54) is 16.7 Å². The monoisotopic (exact) mass is 325 g/mol. The standard InChI is InChI=1S/C18H19N3OS/c1-12-5-8-15(9-6-12)17-20-21(18(23)22-17)11-19-16-10-13(2)4-7-14(16)3/h4-10,19H,11H2,1-3H3. The summed E-state index contributed by atoms with van der Waals surface area (Å²) in [6, 6.07) is 14.3. The third-order valence-corrected chi connectivity index (χ3v) is 4.01. The maximum absolute atomic E-state index is 5.61. The van der Waals surface area contributed by atoms with Crippen molar-refractivity contribution in [3.05, 3.63) is 64.0 Å². The first-order chi connectivity index (χ1) is 11.0. The van der Waals surface area contributed by atoms with Crippen molar-refractivity contribution < 1.29 is 4.42 Å². The van der Waals surface area contributed by atoms with E-state index in [0.29, 0.717) is 17.4 Å². The van der Waals surface area contributed by atoms with Gasteiger partial charge in [0, 0.05) is 11.3 Å². The number of rotatable bonds is 4. The summed E-state index contributed by atoms with van der Waals surface area (Å²) in [5.74, 6) is 0.540. The van der Waals surface area contributed by atoms with Crippen LogP contribution in [0, 0.1) is 25.6 Å². The van der Waals surface area contributed by atoms with Crippen molar-refractivity contribution in [1.82, 2.24) is 9.78 Å². The number of aromatic nitrogens is 2. The molecule has 5 heteroatoms. The van der Waals surface area contributed by atoms with E-state index in [-0.39, 0.29) is 0 Å². The van der Waals surface area contributed by atoms with Gasteiger partial charge in [0.1, 0.15) is 6.67 Å². The normalized spacial score (nSPS) is 10.7. The summed E-state index contributed by atoms with van der Waals surface area (Å²) in [4.78, 5) is 0.360. The van der Waals surface area contributed by atoms with Crippen molar-refractivity contribution in [1.29, 1.82) is 0 Å². The number of hydrogen-bond donors (Lipinski definition) is 1. The zero-order chi connectivity index (χ0) is 16.4. The predicted octanol–water partition coefficient (Wildman–Crippen LogP) is 4.87. The summed E-state index contributed by atoms with van der Waals surface area (Å²) in [6.07, 6.45) is 0. The summed E-state index contributed by atoms with van der Waals surface area (Å²) in [5.41, 5.74) is 5.59. The number of hydrogen-bond acceptors (Lipinski definition) is 4. The fourth-order valence-electron chi connectivity index (χ4n) is 2.31. The largest absolute Gasteiger partial charge is 0.409 e. The first-order valence-corrected chi connectivity index (χ1v) is 7.90. The molecule has 23 heavy (non-hydrogen) atoms. The van der Waals surface area contributed by atoms with Crippen LogP contribution < -0.4 is 5.32 Å². The molecule has 1 heterocycles. The highest BCUT2D eigenvalue weighted by molar-refractivity contribution is 7.71. The van der Waals surface area contributed by atoms with Crippen LogP contribution in [0.25, 0.3) is 11.5 Å². The Labute approximate surface area is 140 Å². The molecule has 0 fully saturated rings. The van der Waals surface area contributed by atoms with E-state index in [0.717, 1.165) is 11.3 Å². The van der Waals surface area contributed by atoms with Crippen molar-refractivity contribution >= 4 is 17.9 Å². The lowest BCUT2D eigenvalue weighted by molar-refractivity contribution is 0.522. The van der Waals surface area contributed by atoms with Gasteiger partial charge in [0.2, 0.25) is 5.89 Å². The fraction of sp³-hybridized carbons (Fsp3) is 0.222. The first kappa shape index (κ1) is 15.5. The number of nitrogens with one attached hydrogen (secondary N) is 1. The van der Waals surface area contributed by atoms with Crippen LogP contribution in [-0.4, -0.2) is 9.78 Å². The smallest absolute Gasteiger partial charge is 0.289 e.